The Morgan fingerprint density at radius 3 is 1.52 bits per heavy atom. The van der Waals surface area contributed by atoms with Gasteiger partial charge in [0, 0.05) is 12.8 Å². The normalized spacial score (nSPS) is 12.2. The van der Waals surface area contributed by atoms with Crippen LogP contribution in [0.5, 0.6) is 5.88 Å². The van der Waals surface area contributed by atoms with Crippen LogP contribution in [0, 0.1) is 11.6 Å². The highest BCUT2D eigenvalue weighted by Crippen LogP contribution is 2.25. The van der Waals surface area contributed by atoms with Crippen LogP contribution in [-0.4, -0.2) is 26.1 Å². The second kappa shape index (κ2) is 9.16. The Hall–Kier alpha value is -3.50. The van der Waals surface area contributed by atoms with E-state index in [0.717, 1.165) is 48.5 Å². The largest absolute Gasteiger partial charge is 0.494 e. The molecule has 3 aromatic rings. The van der Waals surface area contributed by atoms with Crippen LogP contribution in [0.15, 0.2) is 64.2 Å². The molecule has 0 radical (unpaired) electrons. The van der Waals surface area contributed by atoms with Crippen LogP contribution in [0.1, 0.15) is 11.1 Å². The summed E-state index contributed by atoms with van der Waals surface area (Å²) < 4.78 is 84.1. The molecule has 11 heteroatoms. The topological polar surface area (TPSA) is 64.2 Å². The molecule has 1 aromatic heterocycles. The molecule has 0 atom stereocenters. The third-order valence-electron chi connectivity index (χ3n) is 4.79. The van der Waals surface area contributed by atoms with Crippen molar-refractivity contribution in [3.05, 3.63) is 98.2 Å². The van der Waals surface area contributed by atoms with Crippen LogP contribution in [0.3, 0.4) is 0 Å². The van der Waals surface area contributed by atoms with Gasteiger partial charge in [0.15, 0.2) is 0 Å². The average Bonchev–Trinajstić information content (AvgIpc) is 2.72. The molecule has 0 aliphatic heterocycles. The lowest BCUT2D eigenvalue weighted by molar-refractivity contribution is -0.0247. The Balaban J connectivity index is 1.85. The highest BCUT2D eigenvalue weighted by atomic mass is 19.3. The van der Waals surface area contributed by atoms with Crippen LogP contribution in [0.4, 0.5) is 26.3 Å². The van der Waals surface area contributed by atoms with Crippen molar-refractivity contribution in [3.63, 3.8) is 0 Å². The molecule has 176 valence electrons. The zero-order chi connectivity index (χ0) is 24.4. The predicted molar refractivity (Wildman–Crippen MR) is 107 cm³/mol. The van der Waals surface area contributed by atoms with Gasteiger partial charge in [0.05, 0.1) is 19.2 Å². The molecule has 5 nitrogen and oxygen atoms in total. The van der Waals surface area contributed by atoms with E-state index >= 15 is 0 Å². The summed E-state index contributed by atoms with van der Waals surface area (Å²) in [6.45, 7) is -2.84. The Kier molecular flexibility index (Phi) is 6.71. The fraction of sp³-hybridized carbons (Fsp3) is 0.273. The quantitative estimate of drug-likeness (QED) is 0.508. The summed E-state index contributed by atoms with van der Waals surface area (Å²) >= 11 is 0. The molecule has 0 saturated heterocycles. The first-order valence-electron chi connectivity index (χ1n) is 9.63. The smallest absolute Gasteiger partial charge is 0.334 e. The second-order valence-electron chi connectivity index (χ2n) is 7.61. The van der Waals surface area contributed by atoms with Crippen LogP contribution < -0.4 is 11.2 Å². The van der Waals surface area contributed by atoms with E-state index < -0.39 is 66.5 Å². The molecule has 0 saturated carbocycles. The molecule has 0 spiro atoms. The summed E-state index contributed by atoms with van der Waals surface area (Å²) in [7, 11) is 0. The van der Waals surface area contributed by atoms with Crippen molar-refractivity contribution in [1.82, 2.24) is 9.13 Å². The predicted octanol–water partition coefficient (Wildman–Crippen LogP) is 3.75. The van der Waals surface area contributed by atoms with E-state index in [-0.39, 0.29) is 20.3 Å². The van der Waals surface area contributed by atoms with Gasteiger partial charge in [0.25, 0.3) is 17.4 Å². The minimum absolute atomic E-state index is 0.0272. The standard InChI is InChI=1S/C22H18F6N2O3/c23-16-5-1-14(2-6-16)10-21(25,26)12-29-18(31)9-19(32)30(20(29)33)13-22(27,28)11-15-3-7-17(24)8-4-15/h1-9,31H,10-13H2. The summed E-state index contributed by atoms with van der Waals surface area (Å²) in [5.41, 5.74) is -2.78. The highest BCUT2D eigenvalue weighted by molar-refractivity contribution is 5.19. The van der Waals surface area contributed by atoms with Crippen molar-refractivity contribution in [1.29, 1.82) is 0 Å². The minimum Gasteiger partial charge on any atom is -0.494 e. The molecule has 1 N–H and O–H groups in total. The van der Waals surface area contributed by atoms with Crippen LogP contribution in [-0.2, 0) is 25.9 Å². The number of hydrogen-bond donors (Lipinski definition) is 1. The molecule has 0 aliphatic carbocycles. The molecule has 0 fully saturated rings. The lowest BCUT2D eigenvalue weighted by Crippen LogP contribution is -2.46. The highest BCUT2D eigenvalue weighted by Gasteiger charge is 2.35. The zero-order valence-corrected chi connectivity index (χ0v) is 17.0. The van der Waals surface area contributed by atoms with Crippen molar-refractivity contribution in [3.8, 4) is 5.88 Å². The third kappa shape index (κ3) is 6.27. The van der Waals surface area contributed by atoms with Gasteiger partial charge < -0.3 is 5.11 Å². The van der Waals surface area contributed by atoms with Crippen molar-refractivity contribution >= 4 is 0 Å². The molecule has 1 heterocycles. The molecule has 0 unspecified atom stereocenters. The monoisotopic (exact) mass is 472 g/mol. The second-order valence-corrected chi connectivity index (χ2v) is 7.61. The van der Waals surface area contributed by atoms with E-state index in [2.05, 4.69) is 0 Å². The molecular weight excluding hydrogens is 454 g/mol. The molecule has 0 bridgehead atoms. The van der Waals surface area contributed by atoms with Gasteiger partial charge in [-0.25, -0.2) is 31.1 Å². The number of alkyl halides is 4. The first-order chi connectivity index (χ1) is 15.3. The van der Waals surface area contributed by atoms with Crippen molar-refractivity contribution in [2.24, 2.45) is 0 Å². The van der Waals surface area contributed by atoms with Crippen LogP contribution >= 0.6 is 0 Å². The van der Waals surface area contributed by atoms with E-state index in [1.807, 2.05) is 0 Å². The van der Waals surface area contributed by atoms with Crippen LogP contribution in [0.2, 0.25) is 0 Å². The Morgan fingerprint density at radius 1 is 0.697 bits per heavy atom. The Labute approximate surface area is 183 Å². The molecule has 2 aromatic carbocycles. The third-order valence-corrected chi connectivity index (χ3v) is 4.79. The summed E-state index contributed by atoms with van der Waals surface area (Å²) in [6, 6.07) is 8.71. The van der Waals surface area contributed by atoms with Gasteiger partial charge in [-0.15, -0.1) is 0 Å². The lowest BCUT2D eigenvalue weighted by Gasteiger charge is -2.21. The maximum atomic E-state index is 14.5. The van der Waals surface area contributed by atoms with E-state index in [9.17, 15) is 41.0 Å². The van der Waals surface area contributed by atoms with Gasteiger partial charge in [-0.2, -0.15) is 0 Å². The summed E-state index contributed by atoms with van der Waals surface area (Å²) in [4.78, 5) is 24.6. The average molecular weight is 472 g/mol. The fourth-order valence-corrected chi connectivity index (χ4v) is 3.27. The zero-order valence-electron chi connectivity index (χ0n) is 17.0. The molecular formula is C22H18F6N2O3. The van der Waals surface area contributed by atoms with Gasteiger partial charge >= 0.3 is 5.69 Å². The first-order valence-corrected chi connectivity index (χ1v) is 9.63. The maximum absolute atomic E-state index is 14.5. The van der Waals surface area contributed by atoms with Gasteiger partial charge in [-0.05, 0) is 35.4 Å². The number of benzene rings is 2. The summed E-state index contributed by atoms with van der Waals surface area (Å²) in [6.07, 6.45) is -1.88. The molecule has 0 aliphatic rings. The minimum atomic E-state index is -3.66. The summed E-state index contributed by atoms with van der Waals surface area (Å²) in [5.74, 6) is -9.68. The Bertz CT molecular complexity index is 1230. The number of nitrogens with zero attached hydrogens (tertiary/aromatic N) is 2. The van der Waals surface area contributed by atoms with E-state index in [1.54, 1.807) is 0 Å². The van der Waals surface area contributed by atoms with E-state index in [1.165, 1.54) is 0 Å². The number of rotatable bonds is 8. The van der Waals surface area contributed by atoms with Gasteiger partial charge in [-0.3, -0.25) is 13.9 Å². The lowest BCUT2D eigenvalue weighted by atomic mass is 10.1. The van der Waals surface area contributed by atoms with Gasteiger partial charge in [-0.1, -0.05) is 24.3 Å². The van der Waals surface area contributed by atoms with E-state index in [0.29, 0.717) is 6.07 Å². The number of aromatic nitrogens is 2. The number of aromatic hydroxyl groups is 1. The molecule has 33 heavy (non-hydrogen) atoms. The molecule has 3 rings (SSSR count). The summed E-state index contributed by atoms with van der Waals surface area (Å²) in [5, 5.41) is 9.87. The van der Waals surface area contributed by atoms with Crippen LogP contribution in [0.25, 0.3) is 0 Å². The number of hydrogen-bond acceptors (Lipinski definition) is 3. The fourth-order valence-electron chi connectivity index (χ4n) is 3.27. The Morgan fingerprint density at radius 2 is 1.09 bits per heavy atom. The molecule has 0 amide bonds. The van der Waals surface area contributed by atoms with Gasteiger partial charge in [0.2, 0.25) is 5.88 Å². The van der Waals surface area contributed by atoms with E-state index in [4.69, 9.17) is 0 Å². The SMILES string of the molecule is O=c1cc(O)n(CC(F)(F)Cc2ccc(F)cc2)c(=O)n1CC(F)(F)Cc1ccc(F)cc1. The first kappa shape index (κ1) is 24.1. The maximum Gasteiger partial charge on any atom is 0.334 e. The van der Waals surface area contributed by atoms with Crippen molar-refractivity contribution < 1.29 is 31.4 Å². The number of halogens is 6. The van der Waals surface area contributed by atoms with Crippen molar-refractivity contribution in [2.45, 2.75) is 37.8 Å². The van der Waals surface area contributed by atoms with Gasteiger partial charge in [0.1, 0.15) is 11.6 Å². The van der Waals surface area contributed by atoms with Crippen molar-refractivity contribution in [2.75, 3.05) is 0 Å².